The Morgan fingerprint density at radius 3 is 2.46 bits per heavy atom. The Labute approximate surface area is 136 Å². The lowest BCUT2D eigenvalue weighted by Crippen LogP contribution is -2.46. The third kappa shape index (κ3) is 3.46. The zero-order valence-electron chi connectivity index (χ0n) is 12.9. The Balaban J connectivity index is 2.50. The van der Waals surface area contributed by atoms with Gasteiger partial charge < -0.3 is 30.6 Å². The molecule has 2 aromatic rings. The Kier molecular flexibility index (Phi) is 5.35. The van der Waals surface area contributed by atoms with Crippen LogP contribution in [0.3, 0.4) is 0 Å². The molecule has 130 valence electrons. The van der Waals surface area contributed by atoms with Gasteiger partial charge >= 0.3 is 5.63 Å². The van der Waals surface area contributed by atoms with Gasteiger partial charge in [0.15, 0.2) is 0 Å². The summed E-state index contributed by atoms with van der Waals surface area (Å²) in [6.07, 6.45) is -5.17. The van der Waals surface area contributed by atoms with Crippen molar-refractivity contribution in [1.82, 2.24) is 0 Å². The molecule has 0 bridgehead atoms. The molecule has 0 unspecified atom stereocenters. The number of aliphatic hydroxyl groups excluding tert-OH is 4. The lowest BCUT2D eigenvalue weighted by Gasteiger charge is -2.27. The van der Waals surface area contributed by atoms with Crippen LogP contribution in [0.15, 0.2) is 33.5 Å². The van der Waals surface area contributed by atoms with Gasteiger partial charge in [-0.1, -0.05) is 12.1 Å². The summed E-state index contributed by atoms with van der Waals surface area (Å²) in [4.78, 5) is 23.2. The zero-order valence-corrected chi connectivity index (χ0v) is 12.9. The van der Waals surface area contributed by atoms with Crippen molar-refractivity contribution in [2.45, 2.75) is 31.2 Å². The van der Waals surface area contributed by atoms with Gasteiger partial charge in [-0.3, -0.25) is 4.79 Å². The van der Waals surface area contributed by atoms with Crippen LogP contribution in [-0.2, 0) is 4.79 Å². The minimum absolute atomic E-state index is 0.202. The smallest absolute Gasteiger partial charge is 0.336 e. The molecule has 4 atom stereocenters. The molecule has 1 heterocycles. The van der Waals surface area contributed by atoms with Crippen LogP contribution in [0, 0.1) is 6.92 Å². The quantitative estimate of drug-likeness (QED) is 0.412. The van der Waals surface area contributed by atoms with E-state index in [1.54, 1.807) is 13.0 Å². The number of rotatable bonds is 6. The van der Waals surface area contributed by atoms with Crippen molar-refractivity contribution in [3.8, 4) is 0 Å². The van der Waals surface area contributed by atoms with E-state index in [1.807, 2.05) is 0 Å². The van der Waals surface area contributed by atoms with Gasteiger partial charge in [0.25, 0.3) is 0 Å². The second-order valence-electron chi connectivity index (χ2n) is 5.62. The highest BCUT2D eigenvalue weighted by Crippen LogP contribution is 2.27. The largest absolute Gasteiger partial charge is 0.423 e. The minimum atomic E-state index is -1.78. The highest BCUT2D eigenvalue weighted by atomic mass is 16.4. The standard InChI is InChI=1S/C16H19NO7/c1-7-4-12(20)24-11-5-8(2-3-9(7)11)13(16(17)23)15(22)14(21)10(19)6-18/h2-5,10,13-15,18-19,21-22H,6H2,1H3,(H2,17,23)/t10-,13-,14-,15-/m1/s1. The van der Waals surface area contributed by atoms with Crippen LogP contribution in [0.1, 0.15) is 17.0 Å². The lowest BCUT2D eigenvalue weighted by molar-refractivity contribution is -0.128. The summed E-state index contributed by atoms with van der Waals surface area (Å²) >= 11 is 0. The summed E-state index contributed by atoms with van der Waals surface area (Å²) < 4.78 is 5.08. The molecule has 8 nitrogen and oxygen atoms in total. The first-order valence-corrected chi connectivity index (χ1v) is 7.25. The van der Waals surface area contributed by atoms with Gasteiger partial charge in [0, 0.05) is 11.5 Å². The summed E-state index contributed by atoms with van der Waals surface area (Å²) in [7, 11) is 0. The van der Waals surface area contributed by atoms with Crippen molar-refractivity contribution in [3.05, 3.63) is 45.8 Å². The highest BCUT2D eigenvalue weighted by molar-refractivity contribution is 5.86. The topological polar surface area (TPSA) is 154 Å². The Morgan fingerprint density at radius 1 is 1.21 bits per heavy atom. The van der Waals surface area contributed by atoms with Crippen LogP contribution in [0.4, 0.5) is 0 Å². The third-order valence-electron chi connectivity index (χ3n) is 3.91. The molecular formula is C16H19NO7. The normalized spacial score (nSPS) is 16.5. The van der Waals surface area contributed by atoms with Crippen molar-refractivity contribution in [2.75, 3.05) is 6.61 Å². The molecule has 1 aromatic carbocycles. The molecule has 1 amide bonds. The van der Waals surface area contributed by atoms with Crippen molar-refractivity contribution >= 4 is 16.9 Å². The average Bonchev–Trinajstić information content (AvgIpc) is 2.52. The summed E-state index contributed by atoms with van der Waals surface area (Å²) in [6, 6.07) is 5.80. The van der Waals surface area contributed by atoms with E-state index >= 15 is 0 Å². The second-order valence-corrected chi connectivity index (χ2v) is 5.62. The van der Waals surface area contributed by atoms with Crippen LogP contribution < -0.4 is 11.4 Å². The van der Waals surface area contributed by atoms with Gasteiger partial charge in [0.05, 0.1) is 18.6 Å². The molecule has 0 radical (unpaired) electrons. The molecule has 8 heteroatoms. The van der Waals surface area contributed by atoms with Crippen molar-refractivity contribution in [3.63, 3.8) is 0 Å². The van der Waals surface area contributed by atoms with Crippen LogP contribution in [0.25, 0.3) is 11.0 Å². The summed E-state index contributed by atoms with van der Waals surface area (Å²) in [5.74, 6) is -2.31. The first-order chi connectivity index (χ1) is 11.3. The van der Waals surface area contributed by atoms with Gasteiger partial charge in [0.1, 0.15) is 17.8 Å². The molecule has 0 aliphatic carbocycles. The summed E-state index contributed by atoms with van der Waals surface area (Å²) in [5, 5.41) is 38.9. The number of hydrogen-bond donors (Lipinski definition) is 5. The van der Waals surface area contributed by atoms with Gasteiger partial charge in [-0.25, -0.2) is 4.79 Å². The minimum Gasteiger partial charge on any atom is -0.423 e. The van der Waals surface area contributed by atoms with Crippen LogP contribution in [0.2, 0.25) is 0 Å². The first kappa shape index (κ1) is 18.1. The fourth-order valence-electron chi connectivity index (χ4n) is 2.60. The molecule has 24 heavy (non-hydrogen) atoms. The van der Waals surface area contributed by atoms with Gasteiger partial charge in [-0.05, 0) is 24.1 Å². The van der Waals surface area contributed by atoms with E-state index in [0.29, 0.717) is 10.9 Å². The molecule has 0 saturated carbocycles. The van der Waals surface area contributed by atoms with Crippen LogP contribution >= 0.6 is 0 Å². The first-order valence-electron chi connectivity index (χ1n) is 7.25. The van der Waals surface area contributed by atoms with Gasteiger partial charge in [-0.2, -0.15) is 0 Å². The maximum Gasteiger partial charge on any atom is 0.336 e. The molecule has 6 N–H and O–H groups in total. The molecule has 2 rings (SSSR count). The average molecular weight is 337 g/mol. The van der Waals surface area contributed by atoms with Gasteiger partial charge in [-0.15, -0.1) is 0 Å². The predicted octanol–water partition coefficient (Wildman–Crippen LogP) is -1.25. The predicted molar refractivity (Wildman–Crippen MR) is 84.3 cm³/mol. The van der Waals surface area contributed by atoms with E-state index in [9.17, 15) is 24.9 Å². The molecule has 0 fully saturated rings. The molecule has 0 saturated heterocycles. The molecule has 0 aliphatic rings. The molecule has 1 aromatic heterocycles. The van der Waals surface area contributed by atoms with E-state index < -0.39 is 42.4 Å². The van der Waals surface area contributed by atoms with Gasteiger partial charge in [0.2, 0.25) is 5.91 Å². The molecular weight excluding hydrogens is 318 g/mol. The van der Waals surface area contributed by atoms with Crippen molar-refractivity contribution in [1.29, 1.82) is 0 Å². The van der Waals surface area contributed by atoms with E-state index in [1.165, 1.54) is 18.2 Å². The van der Waals surface area contributed by atoms with Crippen LogP contribution in [0.5, 0.6) is 0 Å². The SMILES string of the molecule is Cc1cc(=O)oc2cc([C@@H](C(N)=O)[C@@H](O)[C@H](O)[C@H](O)CO)ccc12. The van der Waals surface area contributed by atoms with E-state index in [0.717, 1.165) is 0 Å². The number of carbonyl (C=O) groups excluding carboxylic acids is 1. The lowest BCUT2D eigenvalue weighted by atomic mass is 9.87. The van der Waals surface area contributed by atoms with Crippen LogP contribution in [-0.4, -0.2) is 51.3 Å². The number of amides is 1. The number of benzene rings is 1. The number of primary amides is 1. The second kappa shape index (κ2) is 7.10. The Hall–Kier alpha value is -2.26. The highest BCUT2D eigenvalue weighted by Gasteiger charge is 2.35. The Bertz CT molecular complexity index is 801. The maximum absolute atomic E-state index is 11.7. The molecule has 0 aliphatic heterocycles. The number of hydrogen-bond acceptors (Lipinski definition) is 7. The number of carbonyl (C=O) groups is 1. The summed E-state index contributed by atoms with van der Waals surface area (Å²) in [5.41, 5.74) is 5.83. The number of aliphatic hydroxyl groups is 4. The van der Waals surface area contributed by atoms with Crippen molar-refractivity contribution < 1.29 is 29.6 Å². The monoisotopic (exact) mass is 337 g/mol. The van der Waals surface area contributed by atoms with E-state index in [4.69, 9.17) is 15.3 Å². The maximum atomic E-state index is 11.7. The summed E-state index contributed by atoms with van der Waals surface area (Å²) in [6.45, 7) is 0.927. The fraction of sp³-hybridized carbons (Fsp3) is 0.375. The number of aryl methyl sites for hydroxylation is 1. The number of nitrogens with two attached hydrogens (primary N) is 1. The third-order valence-corrected chi connectivity index (χ3v) is 3.91. The Morgan fingerprint density at radius 2 is 1.88 bits per heavy atom. The van der Waals surface area contributed by atoms with E-state index in [-0.39, 0.29) is 11.1 Å². The van der Waals surface area contributed by atoms with E-state index in [2.05, 4.69) is 0 Å². The van der Waals surface area contributed by atoms with Crippen molar-refractivity contribution in [2.24, 2.45) is 5.73 Å². The molecule has 0 spiro atoms. The fourth-order valence-corrected chi connectivity index (χ4v) is 2.60. The zero-order chi connectivity index (χ0) is 18.0. The number of fused-ring (bicyclic) bond motifs is 1.